The summed E-state index contributed by atoms with van der Waals surface area (Å²) < 4.78 is 134. The predicted molar refractivity (Wildman–Crippen MR) is 574 cm³/mol. The van der Waals surface area contributed by atoms with Gasteiger partial charge in [-0.2, -0.15) is 43.2 Å². The van der Waals surface area contributed by atoms with Gasteiger partial charge in [-0.15, -0.1) is 0 Å². The third kappa shape index (κ3) is 27.4. The Balaban J connectivity index is 0.000000190. The Kier molecular flexibility index (Phi) is 36.3. The maximum atomic E-state index is 12.8. The average Bonchev–Trinajstić information content (AvgIpc) is 0.738. The highest BCUT2D eigenvalue weighted by molar-refractivity contribution is 14.1. The van der Waals surface area contributed by atoms with E-state index in [9.17, 15) is 43.2 Å². The molecule has 4 N–H and O–H groups in total. The monoisotopic (exact) mass is 2060 g/mol. The van der Waals surface area contributed by atoms with Crippen LogP contribution in [-0.2, 0) is 39.5 Å². The van der Waals surface area contributed by atoms with Gasteiger partial charge in [-0.25, -0.2) is 0 Å². The minimum Gasteiger partial charge on any atom is -0.399 e. The molecule has 710 valence electrons. The standard InChI is InChI=1S/C62H68N2.C36H24F6O6S2.C14H23N.C6H4BrI/c1-5-7-9-11-13-15-21-47-27-35-51(36-28-47)63-53-39-31-49(32-40-53)59-43-45(3)61(57-25-19-17-23-55(57)59)62-46(4)44-60(56-24-18-20-26-58(56)62)50-33-41-54(42-34-50)64-52-37-29-48(30-38-52)22-16-14-12-10-8-6-2;1-21-19-31(23-11-15-25(16-12-23)47-49(43,44)35(37,38)39)27-7-3-5-9-29(27)33(21)34-22(2)20-32(28-8-4-6-10-30(28)34)24-13-17-26(18-14-24)48-50(45,46)36(40,41)42;1-2-3-4-5-6-7-8-13-9-11-14(15)12-10-13;7-5-2-1-3-6(8)4-5/h17-20,23-44,63-64H,5-16,21-22H2,1-4H3;3-20H,1-2H3;9-12H,2-8,15H2,1H3;1-4H. The van der Waals surface area contributed by atoms with E-state index in [0.717, 1.165) is 125 Å². The Morgan fingerprint density at radius 2 is 0.540 bits per heavy atom. The smallest absolute Gasteiger partial charge is 0.399 e. The first kappa shape index (κ1) is 103. The Bertz CT molecular complexity index is 6580. The van der Waals surface area contributed by atoms with Gasteiger partial charge in [-0.05, 0) is 341 Å². The minimum atomic E-state index is -5.83. The minimum absolute atomic E-state index is 0.487. The van der Waals surface area contributed by atoms with Crippen LogP contribution in [0, 0.1) is 31.3 Å². The zero-order valence-electron chi connectivity index (χ0n) is 78.7. The maximum Gasteiger partial charge on any atom is 0.534 e. The number of rotatable bonds is 35. The normalized spacial score (nSPS) is 11.6. The van der Waals surface area contributed by atoms with Crippen LogP contribution < -0.4 is 24.7 Å². The number of benzene rings is 16. The van der Waals surface area contributed by atoms with Crippen LogP contribution in [0.25, 0.3) is 110 Å². The molecule has 0 aromatic heterocycles. The van der Waals surface area contributed by atoms with Crippen LogP contribution in [0.2, 0.25) is 0 Å². The number of nitrogens with one attached hydrogen (secondary N) is 2. The number of halogens is 8. The molecule has 0 spiro atoms. The molecule has 0 amide bonds. The Morgan fingerprint density at radius 3 is 0.788 bits per heavy atom. The van der Waals surface area contributed by atoms with Gasteiger partial charge in [0.2, 0.25) is 0 Å². The molecule has 9 nitrogen and oxygen atoms in total. The van der Waals surface area contributed by atoms with Crippen LogP contribution >= 0.6 is 38.5 Å². The van der Waals surface area contributed by atoms with Gasteiger partial charge < -0.3 is 24.7 Å². The third-order valence-corrected chi connectivity index (χ3v) is 28.0. The van der Waals surface area contributed by atoms with Gasteiger partial charge in [0, 0.05) is 36.5 Å². The summed E-state index contributed by atoms with van der Waals surface area (Å²) in [4.78, 5) is 0. The maximum absolute atomic E-state index is 12.8. The summed E-state index contributed by atoms with van der Waals surface area (Å²) in [7, 11) is -11.7. The molecule has 0 saturated carbocycles. The number of fused-ring (bicyclic) bond motifs is 4. The van der Waals surface area contributed by atoms with Crippen molar-refractivity contribution in [1.82, 2.24) is 0 Å². The van der Waals surface area contributed by atoms with Crippen molar-refractivity contribution in [1.29, 1.82) is 0 Å². The lowest BCUT2D eigenvalue weighted by molar-refractivity contribution is -0.0504. The summed E-state index contributed by atoms with van der Waals surface area (Å²) in [6.07, 6.45) is 27.7. The van der Waals surface area contributed by atoms with Gasteiger partial charge in [-0.3, -0.25) is 0 Å². The zero-order chi connectivity index (χ0) is 97.2. The molecule has 16 aromatic carbocycles. The number of hydrogen-bond acceptors (Lipinski definition) is 9. The molecule has 16 rings (SSSR count). The molecule has 16 aromatic rings. The van der Waals surface area contributed by atoms with Gasteiger partial charge in [0.05, 0.1) is 0 Å². The van der Waals surface area contributed by atoms with Crippen molar-refractivity contribution in [2.24, 2.45) is 0 Å². The van der Waals surface area contributed by atoms with Gasteiger partial charge in [0.1, 0.15) is 11.5 Å². The van der Waals surface area contributed by atoms with Crippen LogP contribution in [0.5, 0.6) is 11.5 Å². The molecule has 0 aliphatic carbocycles. The largest absolute Gasteiger partial charge is 0.534 e. The quantitative estimate of drug-likeness (QED) is 0.00885. The van der Waals surface area contributed by atoms with E-state index < -0.39 is 42.8 Å². The molecule has 0 atom stereocenters. The van der Waals surface area contributed by atoms with Crippen LogP contribution in [0.1, 0.15) is 175 Å². The number of alkyl halides is 6. The molecule has 0 aliphatic rings. The molecule has 0 fully saturated rings. The SMILES string of the molecule is Brc1cccc(I)c1.CCCCCCCCc1ccc(N)cc1.CCCCCCCCc1ccc(Nc2ccc(-c3cc(C)c(-c4c(C)cc(-c5ccc(Nc6ccc(CCCCCCCC)cc6)cc5)c5ccccc45)c4ccccc34)cc2)cc1.Cc1cc(-c2ccc(OS(=O)(=O)C(F)(F)F)cc2)c2ccccc2c1-c1c(C)cc(-c2ccc(OS(=O)(=O)C(F)(F)F)cc2)c2ccccc12. The molecule has 0 saturated heterocycles. The number of nitrogen functional groups attached to an aromatic ring is 1. The summed E-state index contributed by atoms with van der Waals surface area (Å²) in [5, 5.41) is 15.8. The predicted octanol–water partition coefficient (Wildman–Crippen LogP) is 36.2. The lowest BCUT2D eigenvalue weighted by Crippen LogP contribution is -2.28. The first-order valence-electron chi connectivity index (χ1n) is 47.5. The van der Waals surface area contributed by atoms with E-state index >= 15 is 0 Å². The number of unbranched alkanes of at least 4 members (excludes halogenated alkanes) is 15. The fraction of sp³-hybridized carbons (Fsp3) is 0.254. The lowest BCUT2D eigenvalue weighted by Gasteiger charge is -2.21. The molecule has 0 bridgehead atoms. The number of nitrogens with two attached hydrogens (primary N) is 1. The van der Waals surface area contributed by atoms with E-state index in [1.165, 1.54) is 233 Å². The Hall–Kier alpha value is -11.8. The fourth-order valence-electron chi connectivity index (χ4n) is 17.9. The van der Waals surface area contributed by atoms with E-state index in [4.69, 9.17) is 5.73 Å². The van der Waals surface area contributed by atoms with Crippen LogP contribution in [-0.4, -0.2) is 27.9 Å². The highest BCUT2D eigenvalue weighted by Gasteiger charge is 2.49. The number of anilines is 5. The Labute approximate surface area is 826 Å². The first-order chi connectivity index (χ1) is 66.0. The zero-order valence-corrected chi connectivity index (χ0v) is 84.1. The van der Waals surface area contributed by atoms with E-state index in [2.05, 4.69) is 274 Å². The molecular weight excluding hydrogens is 1940 g/mol. The number of hydrogen-bond donors (Lipinski definition) is 3. The summed E-state index contributed by atoms with van der Waals surface area (Å²) in [6, 6.07) is 105. The highest BCUT2D eigenvalue weighted by Crippen LogP contribution is 2.49. The van der Waals surface area contributed by atoms with Crippen molar-refractivity contribution in [2.75, 3.05) is 16.4 Å². The molecular formula is C118H119BrF6IN3O6S2. The van der Waals surface area contributed by atoms with Crippen molar-refractivity contribution in [2.45, 2.75) is 194 Å². The van der Waals surface area contributed by atoms with Crippen LogP contribution in [0.3, 0.4) is 0 Å². The molecule has 0 radical (unpaired) electrons. The average molecular weight is 2060 g/mol. The summed E-state index contributed by atoms with van der Waals surface area (Å²) in [5.74, 6) is -0.973. The number of aryl methyl sites for hydroxylation is 7. The van der Waals surface area contributed by atoms with Crippen LogP contribution in [0.4, 0.5) is 54.8 Å². The second kappa shape index (κ2) is 48.5. The lowest BCUT2D eigenvalue weighted by atomic mass is 9.83. The van der Waals surface area contributed by atoms with Gasteiger partial charge in [0.15, 0.2) is 0 Å². The first-order valence-corrected chi connectivity index (χ1v) is 52.2. The van der Waals surface area contributed by atoms with Crippen molar-refractivity contribution < 1.29 is 51.5 Å². The van der Waals surface area contributed by atoms with Crippen molar-refractivity contribution in [3.05, 3.63) is 362 Å². The van der Waals surface area contributed by atoms with Gasteiger partial charge in [0.25, 0.3) is 0 Å². The summed E-state index contributed by atoms with van der Waals surface area (Å²) in [5.41, 5.74) is 20.5. The van der Waals surface area contributed by atoms with Gasteiger partial charge >= 0.3 is 31.3 Å². The van der Waals surface area contributed by atoms with E-state index in [0.29, 0.717) is 11.1 Å². The molecule has 0 aliphatic heterocycles. The van der Waals surface area contributed by atoms with Crippen molar-refractivity contribution in [3.63, 3.8) is 0 Å². The van der Waals surface area contributed by atoms with E-state index in [-0.39, 0.29) is 0 Å². The summed E-state index contributed by atoms with van der Waals surface area (Å²) in [6.45, 7) is 15.2. The van der Waals surface area contributed by atoms with E-state index in [1.807, 2.05) is 98.8 Å². The molecule has 19 heteroatoms. The third-order valence-electron chi connectivity index (χ3n) is 24.9. The second-order valence-corrected chi connectivity index (χ2v) is 40.4. The van der Waals surface area contributed by atoms with Gasteiger partial charge in [-0.1, -0.05) is 345 Å². The fourth-order valence-corrected chi connectivity index (χ4v) is 20.1. The van der Waals surface area contributed by atoms with Crippen LogP contribution in [0.15, 0.2) is 320 Å². The van der Waals surface area contributed by atoms with E-state index in [1.54, 1.807) is 0 Å². The molecule has 137 heavy (non-hydrogen) atoms. The molecule has 0 heterocycles. The van der Waals surface area contributed by atoms with Crippen molar-refractivity contribution in [3.8, 4) is 78.3 Å². The highest BCUT2D eigenvalue weighted by atomic mass is 127. The summed E-state index contributed by atoms with van der Waals surface area (Å²) >= 11 is 5.63. The Morgan fingerprint density at radius 1 is 0.299 bits per heavy atom. The van der Waals surface area contributed by atoms with Crippen molar-refractivity contribution >= 4 is 130 Å². The topological polar surface area (TPSA) is 137 Å². The molecule has 0 unspecified atom stereocenters. The second-order valence-electron chi connectivity index (χ2n) is 35.2.